The van der Waals surface area contributed by atoms with Crippen LogP contribution < -0.4 is 0 Å². The van der Waals surface area contributed by atoms with E-state index >= 15 is 0 Å². The van der Waals surface area contributed by atoms with Crippen molar-refractivity contribution in [3.8, 4) is 0 Å². The first kappa shape index (κ1) is 10.4. The van der Waals surface area contributed by atoms with E-state index in [1.54, 1.807) is 13.0 Å². The van der Waals surface area contributed by atoms with Gasteiger partial charge in [-0.05, 0) is 57.1 Å². The topological polar surface area (TPSA) is 0 Å². The standard InChI is InChI=1S/C8H6BrF2I/c1-4-5(8(10)11)2-3-6(9)7(4)12/h2-3,8H,1H3. The second-order valence-electron chi connectivity index (χ2n) is 2.38. The van der Waals surface area contributed by atoms with E-state index in [2.05, 4.69) is 15.9 Å². The Morgan fingerprint density at radius 1 is 1.42 bits per heavy atom. The third kappa shape index (κ3) is 1.96. The first-order valence-corrected chi connectivity index (χ1v) is 5.14. The summed E-state index contributed by atoms with van der Waals surface area (Å²) in [4.78, 5) is 0. The normalized spacial score (nSPS) is 10.8. The zero-order chi connectivity index (χ0) is 9.30. The summed E-state index contributed by atoms with van der Waals surface area (Å²) in [6.07, 6.45) is -2.38. The maximum Gasteiger partial charge on any atom is 0.264 e. The summed E-state index contributed by atoms with van der Waals surface area (Å²) in [5.41, 5.74) is 0.766. The van der Waals surface area contributed by atoms with E-state index < -0.39 is 6.43 Å². The SMILES string of the molecule is Cc1c(C(F)F)ccc(Br)c1I. The van der Waals surface area contributed by atoms with Crippen molar-refractivity contribution >= 4 is 38.5 Å². The highest BCUT2D eigenvalue weighted by atomic mass is 127. The molecule has 0 N–H and O–H groups in total. The molecule has 12 heavy (non-hydrogen) atoms. The molecular formula is C8H6BrF2I. The van der Waals surface area contributed by atoms with Gasteiger partial charge in [-0.25, -0.2) is 8.78 Å². The van der Waals surface area contributed by atoms with E-state index in [4.69, 9.17) is 0 Å². The smallest absolute Gasteiger partial charge is 0.205 e. The molecule has 0 atom stereocenters. The molecule has 1 aromatic rings. The Bertz CT molecular complexity index is 299. The molecule has 0 radical (unpaired) electrons. The first-order chi connectivity index (χ1) is 5.54. The molecule has 0 bridgehead atoms. The number of benzene rings is 1. The summed E-state index contributed by atoms with van der Waals surface area (Å²) >= 11 is 5.32. The summed E-state index contributed by atoms with van der Waals surface area (Å²) in [6.45, 7) is 1.70. The maximum absolute atomic E-state index is 12.3. The molecule has 0 saturated heterocycles. The van der Waals surface area contributed by atoms with Crippen LogP contribution in [0.25, 0.3) is 0 Å². The van der Waals surface area contributed by atoms with Gasteiger partial charge in [0, 0.05) is 13.6 Å². The van der Waals surface area contributed by atoms with Crippen molar-refractivity contribution in [2.24, 2.45) is 0 Å². The van der Waals surface area contributed by atoms with Crippen LogP contribution in [0, 0.1) is 10.5 Å². The molecular weight excluding hydrogens is 341 g/mol. The van der Waals surface area contributed by atoms with Gasteiger partial charge in [-0.15, -0.1) is 0 Å². The number of rotatable bonds is 1. The Morgan fingerprint density at radius 3 is 2.50 bits per heavy atom. The van der Waals surface area contributed by atoms with E-state index in [0.29, 0.717) is 5.56 Å². The zero-order valence-corrected chi connectivity index (χ0v) is 9.99. The van der Waals surface area contributed by atoms with Crippen LogP contribution in [-0.2, 0) is 0 Å². The number of alkyl halides is 2. The molecule has 0 aliphatic heterocycles. The lowest BCUT2D eigenvalue weighted by molar-refractivity contribution is 0.150. The largest absolute Gasteiger partial charge is 0.264 e. The van der Waals surface area contributed by atoms with Gasteiger partial charge in [0.15, 0.2) is 0 Å². The molecule has 0 aliphatic rings. The van der Waals surface area contributed by atoms with Gasteiger partial charge in [0.1, 0.15) is 0 Å². The molecule has 0 saturated carbocycles. The van der Waals surface area contributed by atoms with Crippen molar-refractivity contribution in [1.29, 1.82) is 0 Å². The van der Waals surface area contributed by atoms with Crippen LogP contribution in [0.15, 0.2) is 16.6 Å². The maximum atomic E-state index is 12.3. The molecule has 0 unspecified atom stereocenters. The second-order valence-corrected chi connectivity index (χ2v) is 4.31. The van der Waals surface area contributed by atoms with E-state index in [0.717, 1.165) is 8.04 Å². The van der Waals surface area contributed by atoms with Gasteiger partial charge in [0.05, 0.1) is 0 Å². The predicted molar refractivity (Wildman–Crippen MR) is 56.6 cm³/mol. The zero-order valence-electron chi connectivity index (χ0n) is 6.24. The van der Waals surface area contributed by atoms with Gasteiger partial charge < -0.3 is 0 Å². The fourth-order valence-corrected chi connectivity index (χ4v) is 1.82. The third-order valence-corrected chi connectivity index (χ3v) is 4.41. The van der Waals surface area contributed by atoms with E-state index in [1.165, 1.54) is 6.07 Å². The molecule has 0 amide bonds. The Labute approximate surface area is 91.6 Å². The quantitative estimate of drug-likeness (QED) is 0.665. The van der Waals surface area contributed by atoms with Gasteiger partial charge in [-0.3, -0.25) is 0 Å². The number of hydrogen-bond donors (Lipinski definition) is 0. The van der Waals surface area contributed by atoms with E-state index in [1.807, 2.05) is 22.6 Å². The third-order valence-electron chi connectivity index (χ3n) is 1.62. The van der Waals surface area contributed by atoms with Gasteiger partial charge in [0.2, 0.25) is 0 Å². The fraction of sp³-hybridized carbons (Fsp3) is 0.250. The first-order valence-electron chi connectivity index (χ1n) is 3.26. The summed E-state index contributed by atoms with van der Waals surface area (Å²) < 4.78 is 26.4. The number of halogens is 4. The van der Waals surface area contributed by atoms with Crippen LogP contribution in [-0.4, -0.2) is 0 Å². The average Bonchev–Trinajstić information content (AvgIpc) is 2.00. The second kappa shape index (κ2) is 4.00. The highest BCUT2D eigenvalue weighted by molar-refractivity contribution is 14.1. The monoisotopic (exact) mass is 346 g/mol. The van der Waals surface area contributed by atoms with Crippen molar-refractivity contribution in [2.45, 2.75) is 13.3 Å². The molecule has 1 rings (SSSR count). The van der Waals surface area contributed by atoms with Crippen LogP contribution in [0.1, 0.15) is 17.6 Å². The van der Waals surface area contributed by atoms with Crippen molar-refractivity contribution < 1.29 is 8.78 Å². The van der Waals surface area contributed by atoms with Gasteiger partial charge in [-0.1, -0.05) is 6.07 Å². The Kier molecular flexibility index (Phi) is 3.46. The predicted octanol–water partition coefficient (Wildman–Crippen LogP) is 4.30. The van der Waals surface area contributed by atoms with Crippen molar-refractivity contribution in [3.63, 3.8) is 0 Å². The molecule has 0 spiro atoms. The minimum absolute atomic E-state index is 0.114. The summed E-state index contributed by atoms with van der Waals surface area (Å²) in [6, 6.07) is 3.10. The van der Waals surface area contributed by atoms with Crippen molar-refractivity contribution in [2.75, 3.05) is 0 Å². The van der Waals surface area contributed by atoms with Crippen LogP contribution in [0.4, 0.5) is 8.78 Å². The highest BCUT2D eigenvalue weighted by Crippen LogP contribution is 2.30. The molecule has 4 heteroatoms. The van der Waals surface area contributed by atoms with E-state index in [-0.39, 0.29) is 5.56 Å². The summed E-state index contributed by atoms with van der Waals surface area (Å²) in [5.74, 6) is 0. The van der Waals surface area contributed by atoms with Gasteiger partial charge in [0.25, 0.3) is 6.43 Å². The van der Waals surface area contributed by atoms with Crippen LogP contribution in [0.5, 0.6) is 0 Å². The minimum Gasteiger partial charge on any atom is -0.205 e. The Hall–Kier alpha value is 0.290. The van der Waals surface area contributed by atoms with Gasteiger partial charge in [-0.2, -0.15) is 0 Å². The minimum atomic E-state index is -2.38. The lowest BCUT2D eigenvalue weighted by Gasteiger charge is -2.07. The molecule has 0 heterocycles. The molecule has 0 aliphatic carbocycles. The average molecular weight is 347 g/mol. The summed E-state index contributed by atoms with van der Waals surface area (Å²) in [7, 11) is 0. The Balaban J connectivity index is 3.27. The lowest BCUT2D eigenvalue weighted by Crippen LogP contribution is -1.92. The highest BCUT2D eigenvalue weighted by Gasteiger charge is 2.13. The molecule has 0 aromatic heterocycles. The van der Waals surface area contributed by atoms with Crippen molar-refractivity contribution in [1.82, 2.24) is 0 Å². The van der Waals surface area contributed by atoms with E-state index in [9.17, 15) is 8.78 Å². The number of hydrogen-bond acceptors (Lipinski definition) is 0. The Morgan fingerprint density at radius 2 is 2.00 bits per heavy atom. The van der Waals surface area contributed by atoms with Crippen LogP contribution >= 0.6 is 38.5 Å². The van der Waals surface area contributed by atoms with Crippen LogP contribution in [0.2, 0.25) is 0 Å². The fourth-order valence-electron chi connectivity index (χ4n) is 0.903. The molecule has 0 fully saturated rings. The van der Waals surface area contributed by atoms with Crippen molar-refractivity contribution in [3.05, 3.63) is 31.3 Å². The summed E-state index contributed by atoms with van der Waals surface area (Å²) in [5, 5.41) is 0. The van der Waals surface area contributed by atoms with Gasteiger partial charge >= 0.3 is 0 Å². The molecule has 66 valence electrons. The van der Waals surface area contributed by atoms with Crippen LogP contribution in [0.3, 0.4) is 0 Å². The molecule has 1 aromatic carbocycles. The lowest BCUT2D eigenvalue weighted by atomic mass is 10.1. The molecule has 0 nitrogen and oxygen atoms in total.